The number of benzene rings is 1. The third kappa shape index (κ3) is 3.05. The molecule has 7 nitrogen and oxygen atoms in total. The molecule has 0 unspecified atom stereocenters. The van der Waals surface area contributed by atoms with E-state index in [0.717, 1.165) is 16.6 Å². The number of amides is 1. The first kappa shape index (κ1) is 17.3. The molecule has 1 amide bonds. The predicted octanol–water partition coefficient (Wildman–Crippen LogP) is -0.291. The van der Waals surface area contributed by atoms with Crippen LogP contribution in [0.3, 0.4) is 0 Å². The Morgan fingerprint density at radius 1 is 1.17 bits per heavy atom. The summed E-state index contributed by atoms with van der Waals surface area (Å²) in [7, 11) is -7.07. The smallest absolute Gasteiger partial charge is 0.257 e. The highest BCUT2D eigenvalue weighted by atomic mass is 32.2. The zero-order chi connectivity index (χ0) is 17.7. The second kappa shape index (κ2) is 5.78. The van der Waals surface area contributed by atoms with Crippen LogP contribution in [0.2, 0.25) is 0 Å². The third-order valence-electron chi connectivity index (χ3n) is 4.42. The second-order valence-corrected chi connectivity index (χ2v) is 10.2. The van der Waals surface area contributed by atoms with Crippen LogP contribution in [0.1, 0.15) is 10.4 Å². The van der Waals surface area contributed by atoms with E-state index in [-0.39, 0.29) is 30.2 Å². The fourth-order valence-electron chi connectivity index (χ4n) is 3.37. The molecule has 0 aliphatic carbocycles. The lowest BCUT2D eigenvalue weighted by molar-refractivity contribution is 0.0512. The number of sulfonamides is 1. The molecule has 2 aliphatic heterocycles. The molecule has 0 bridgehead atoms. The molecule has 132 valence electrons. The highest BCUT2D eigenvalue weighted by molar-refractivity contribution is 7.92. The van der Waals surface area contributed by atoms with Gasteiger partial charge in [0.1, 0.15) is 5.82 Å². The number of hydrogen-bond acceptors (Lipinski definition) is 5. The Morgan fingerprint density at radius 3 is 2.42 bits per heavy atom. The van der Waals surface area contributed by atoms with Crippen LogP contribution in [0.25, 0.3) is 0 Å². The fraction of sp³-hybridized carbons (Fsp3) is 0.500. The first-order valence-electron chi connectivity index (χ1n) is 7.33. The molecular formula is C14H17FN2O5S2. The molecule has 2 fully saturated rings. The quantitative estimate of drug-likeness (QED) is 0.707. The number of halogens is 1. The van der Waals surface area contributed by atoms with Crippen LogP contribution in [0.5, 0.6) is 0 Å². The molecule has 1 aromatic rings. The zero-order valence-corrected chi connectivity index (χ0v) is 14.6. The number of carbonyl (C=O) groups excluding carboxylic acids is 1. The van der Waals surface area contributed by atoms with E-state index in [1.165, 1.54) is 23.1 Å². The van der Waals surface area contributed by atoms with Gasteiger partial charge < -0.3 is 4.90 Å². The molecule has 2 heterocycles. The van der Waals surface area contributed by atoms with Crippen molar-refractivity contribution in [3.8, 4) is 0 Å². The maximum absolute atomic E-state index is 13.9. The summed E-state index contributed by atoms with van der Waals surface area (Å²) in [4.78, 5) is 13.9. The standard InChI is InChI=1S/C14H17FN2O5S2/c1-23(19,20)17-7-6-16(12-8-24(21,22)9-13(12)17)14(18)10-4-2-3-5-11(10)15/h2-5,12-13H,6-9H2,1H3/t12-,13+/m1/s1. The lowest BCUT2D eigenvalue weighted by Gasteiger charge is -2.42. The number of carbonyl (C=O) groups is 1. The molecular weight excluding hydrogens is 359 g/mol. The Hall–Kier alpha value is -1.52. The highest BCUT2D eigenvalue weighted by Crippen LogP contribution is 2.30. The molecule has 0 saturated carbocycles. The van der Waals surface area contributed by atoms with Crippen molar-refractivity contribution in [2.75, 3.05) is 30.9 Å². The number of piperazine rings is 1. The number of rotatable bonds is 2. The Balaban J connectivity index is 1.97. The van der Waals surface area contributed by atoms with E-state index >= 15 is 0 Å². The van der Waals surface area contributed by atoms with Gasteiger partial charge in [-0.2, -0.15) is 4.31 Å². The molecule has 2 atom stereocenters. The number of nitrogens with zero attached hydrogens (tertiary/aromatic N) is 2. The predicted molar refractivity (Wildman–Crippen MR) is 85.2 cm³/mol. The van der Waals surface area contributed by atoms with Gasteiger partial charge in [0, 0.05) is 13.1 Å². The normalized spacial score (nSPS) is 27.0. The zero-order valence-electron chi connectivity index (χ0n) is 12.9. The summed E-state index contributed by atoms with van der Waals surface area (Å²) in [5.41, 5.74) is -0.145. The van der Waals surface area contributed by atoms with E-state index in [9.17, 15) is 26.0 Å². The minimum atomic E-state index is -3.60. The lowest BCUT2D eigenvalue weighted by Crippen LogP contribution is -2.61. The van der Waals surface area contributed by atoms with E-state index in [2.05, 4.69) is 0 Å². The van der Waals surface area contributed by atoms with Crippen LogP contribution in [-0.2, 0) is 19.9 Å². The van der Waals surface area contributed by atoms with Gasteiger partial charge in [-0.05, 0) is 12.1 Å². The van der Waals surface area contributed by atoms with Gasteiger partial charge in [0.25, 0.3) is 5.91 Å². The molecule has 0 aromatic heterocycles. The van der Waals surface area contributed by atoms with Crippen LogP contribution < -0.4 is 0 Å². The van der Waals surface area contributed by atoms with E-state index in [1.807, 2.05) is 0 Å². The van der Waals surface area contributed by atoms with Crippen molar-refractivity contribution < 1.29 is 26.0 Å². The Labute approximate surface area is 140 Å². The van der Waals surface area contributed by atoms with Crippen molar-refractivity contribution in [2.24, 2.45) is 0 Å². The monoisotopic (exact) mass is 376 g/mol. The van der Waals surface area contributed by atoms with Crippen LogP contribution in [-0.4, -0.2) is 74.9 Å². The average Bonchev–Trinajstić information content (AvgIpc) is 2.79. The summed E-state index contributed by atoms with van der Waals surface area (Å²) < 4.78 is 62.8. The Kier molecular flexibility index (Phi) is 4.17. The maximum Gasteiger partial charge on any atom is 0.257 e. The van der Waals surface area contributed by atoms with Crippen LogP contribution >= 0.6 is 0 Å². The molecule has 1 aromatic carbocycles. The Bertz CT molecular complexity index is 884. The van der Waals surface area contributed by atoms with E-state index in [4.69, 9.17) is 0 Å². The largest absolute Gasteiger partial charge is 0.332 e. The van der Waals surface area contributed by atoms with Crippen LogP contribution in [0, 0.1) is 5.82 Å². The molecule has 2 saturated heterocycles. The van der Waals surface area contributed by atoms with Gasteiger partial charge in [-0.25, -0.2) is 21.2 Å². The van der Waals surface area contributed by atoms with Gasteiger partial charge in [0.15, 0.2) is 9.84 Å². The third-order valence-corrected chi connectivity index (χ3v) is 7.42. The first-order valence-corrected chi connectivity index (χ1v) is 11.0. The fourth-order valence-corrected chi connectivity index (χ4v) is 6.57. The molecule has 24 heavy (non-hydrogen) atoms. The van der Waals surface area contributed by atoms with Crippen molar-refractivity contribution >= 4 is 25.8 Å². The number of hydrogen-bond donors (Lipinski definition) is 0. The van der Waals surface area contributed by atoms with Crippen molar-refractivity contribution in [1.82, 2.24) is 9.21 Å². The summed E-state index contributed by atoms with van der Waals surface area (Å²) in [5, 5.41) is 0. The van der Waals surface area contributed by atoms with Crippen LogP contribution in [0.15, 0.2) is 24.3 Å². The molecule has 0 N–H and O–H groups in total. The van der Waals surface area contributed by atoms with E-state index < -0.39 is 43.7 Å². The molecule has 2 aliphatic rings. The van der Waals surface area contributed by atoms with Gasteiger partial charge >= 0.3 is 0 Å². The lowest BCUT2D eigenvalue weighted by atomic mass is 10.1. The van der Waals surface area contributed by atoms with Crippen molar-refractivity contribution in [1.29, 1.82) is 0 Å². The molecule has 10 heteroatoms. The maximum atomic E-state index is 13.9. The SMILES string of the molecule is CS(=O)(=O)N1CCN(C(=O)c2ccccc2F)[C@@H]2CS(=O)(=O)C[C@@H]21. The van der Waals surface area contributed by atoms with Gasteiger partial charge in [0.05, 0.1) is 35.4 Å². The highest BCUT2D eigenvalue weighted by Gasteiger charge is 2.50. The Morgan fingerprint density at radius 2 is 1.79 bits per heavy atom. The van der Waals surface area contributed by atoms with Gasteiger partial charge in [-0.15, -0.1) is 0 Å². The van der Waals surface area contributed by atoms with E-state index in [0.29, 0.717) is 0 Å². The van der Waals surface area contributed by atoms with Crippen molar-refractivity contribution in [3.05, 3.63) is 35.6 Å². The molecule has 0 spiro atoms. The first-order chi connectivity index (χ1) is 11.1. The minimum absolute atomic E-state index is 0.00425. The van der Waals surface area contributed by atoms with E-state index in [1.54, 1.807) is 0 Å². The number of sulfone groups is 1. The summed E-state index contributed by atoms with van der Waals surface area (Å²) in [6.45, 7) is 0.0205. The average molecular weight is 376 g/mol. The summed E-state index contributed by atoms with van der Waals surface area (Å²) in [5.74, 6) is -1.95. The second-order valence-electron chi connectivity index (χ2n) is 6.06. The van der Waals surface area contributed by atoms with Gasteiger partial charge in [-0.3, -0.25) is 4.79 Å². The van der Waals surface area contributed by atoms with Crippen molar-refractivity contribution in [2.45, 2.75) is 12.1 Å². The molecule has 3 rings (SSSR count). The number of fused-ring (bicyclic) bond motifs is 1. The topological polar surface area (TPSA) is 91.8 Å². The summed E-state index contributed by atoms with van der Waals surface area (Å²) >= 11 is 0. The van der Waals surface area contributed by atoms with Crippen molar-refractivity contribution in [3.63, 3.8) is 0 Å². The molecule has 0 radical (unpaired) electrons. The summed E-state index contributed by atoms with van der Waals surface area (Å²) in [6, 6.07) is 3.84. The summed E-state index contributed by atoms with van der Waals surface area (Å²) in [6.07, 6.45) is 1.02. The van der Waals surface area contributed by atoms with Gasteiger partial charge in [0.2, 0.25) is 10.0 Å². The van der Waals surface area contributed by atoms with Crippen LogP contribution in [0.4, 0.5) is 4.39 Å². The minimum Gasteiger partial charge on any atom is -0.332 e. The van der Waals surface area contributed by atoms with Gasteiger partial charge in [-0.1, -0.05) is 12.1 Å².